The summed E-state index contributed by atoms with van der Waals surface area (Å²) in [4.78, 5) is 59.9. The van der Waals surface area contributed by atoms with Gasteiger partial charge in [0.1, 0.15) is 11.8 Å². The molecule has 0 spiro atoms. The summed E-state index contributed by atoms with van der Waals surface area (Å²) in [5.74, 6) is -1.08. The number of phenolic OH excluding ortho intramolecular Hbond substituents is 1. The number of hydrogen-bond acceptors (Lipinski definition) is 6. The highest BCUT2D eigenvalue weighted by atomic mass is 79.9. The first kappa shape index (κ1) is 34.5. The van der Waals surface area contributed by atoms with Gasteiger partial charge in [-0.05, 0) is 119 Å². The first-order valence-electron chi connectivity index (χ1n) is 16.8. The van der Waals surface area contributed by atoms with Crippen molar-refractivity contribution in [3.63, 3.8) is 0 Å². The van der Waals surface area contributed by atoms with E-state index in [4.69, 9.17) is 0 Å². The third kappa shape index (κ3) is 7.76. The number of anilines is 1. The fourth-order valence-corrected chi connectivity index (χ4v) is 8.73. The highest BCUT2D eigenvalue weighted by Gasteiger charge is 2.36. The van der Waals surface area contributed by atoms with Crippen molar-refractivity contribution in [2.24, 2.45) is 0 Å². The van der Waals surface area contributed by atoms with Gasteiger partial charge in [-0.3, -0.25) is 4.79 Å². The molecule has 4 heterocycles. The molecule has 4 aliphatic rings. The van der Waals surface area contributed by atoms with Gasteiger partial charge in [-0.15, -0.1) is 0 Å². The molecule has 4 aliphatic heterocycles. The summed E-state index contributed by atoms with van der Waals surface area (Å²) < 4.78 is 1.00. The molecule has 0 aromatic heterocycles. The number of carbonyl (C=O) groups is 4. The number of amides is 5. The maximum atomic E-state index is 14.0. The number of nitrogens with one attached hydrogen (secondary N) is 2. The van der Waals surface area contributed by atoms with E-state index in [9.17, 15) is 29.4 Å². The van der Waals surface area contributed by atoms with E-state index < -0.39 is 12.0 Å². The van der Waals surface area contributed by atoms with Gasteiger partial charge in [-0.25, -0.2) is 14.4 Å². The van der Waals surface area contributed by atoms with Gasteiger partial charge in [0.15, 0.2) is 0 Å². The number of aromatic carboxylic acids is 1. The predicted molar refractivity (Wildman–Crippen MR) is 187 cm³/mol. The van der Waals surface area contributed by atoms with Crippen LogP contribution in [0.3, 0.4) is 0 Å². The van der Waals surface area contributed by atoms with Crippen molar-refractivity contribution in [2.75, 3.05) is 44.6 Å². The van der Waals surface area contributed by atoms with Crippen LogP contribution in [-0.2, 0) is 17.8 Å². The molecule has 0 radical (unpaired) electrons. The van der Waals surface area contributed by atoms with E-state index >= 15 is 0 Å². The molecule has 12 nitrogen and oxygen atoms in total. The van der Waals surface area contributed by atoms with Crippen LogP contribution in [0, 0.1) is 0 Å². The number of hydrogen-bond donors (Lipinski definition) is 4. The first-order chi connectivity index (χ1) is 23.1. The van der Waals surface area contributed by atoms with Crippen LogP contribution in [0.4, 0.5) is 15.3 Å². The number of urea groups is 2. The van der Waals surface area contributed by atoms with Crippen molar-refractivity contribution >= 4 is 61.5 Å². The molecule has 6 rings (SSSR count). The predicted octanol–water partition coefficient (Wildman–Crippen LogP) is 5.23. The Morgan fingerprint density at radius 3 is 2.15 bits per heavy atom. The van der Waals surface area contributed by atoms with Crippen LogP contribution >= 0.6 is 31.9 Å². The van der Waals surface area contributed by atoms with Crippen molar-refractivity contribution < 1.29 is 29.4 Å². The summed E-state index contributed by atoms with van der Waals surface area (Å²) in [6.45, 7) is 4.76. The van der Waals surface area contributed by atoms with Crippen LogP contribution in [0.15, 0.2) is 39.3 Å². The number of aromatic hydroxyl groups is 1. The minimum absolute atomic E-state index is 0.0733. The smallest absolute Gasteiger partial charge is 0.335 e. The second-order valence-electron chi connectivity index (χ2n) is 13.2. The highest BCUT2D eigenvalue weighted by Crippen LogP contribution is 2.34. The van der Waals surface area contributed by atoms with E-state index in [2.05, 4.69) is 47.4 Å². The maximum Gasteiger partial charge on any atom is 0.335 e. The number of piperidine rings is 3. The van der Waals surface area contributed by atoms with Crippen molar-refractivity contribution in [2.45, 2.75) is 76.0 Å². The Hall–Kier alpha value is -3.36. The number of rotatable bonds is 7. The van der Waals surface area contributed by atoms with E-state index in [1.807, 2.05) is 4.90 Å². The molecular weight excluding hydrogens is 748 g/mol. The van der Waals surface area contributed by atoms with Crippen LogP contribution in [0.1, 0.15) is 66.4 Å². The molecule has 0 bridgehead atoms. The molecule has 5 amide bonds. The zero-order valence-corrected chi connectivity index (χ0v) is 30.0. The lowest BCUT2D eigenvalue weighted by Crippen LogP contribution is -2.57. The van der Waals surface area contributed by atoms with Crippen LogP contribution in [0.2, 0.25) is 0 Å². The summed E-state index contributed by atoms with van der Waals surface area (Å²) in [7, 11) is 0. The largest absolute Gasteiger partial charge is 0.506 e. The summed E-state index contributed by atoms with van der Waals surface area (Å²) in [6, 6.07) is 7.29. The Morgan fingerprint density at radius 2 is 1.50 bits per heavy atom. The van der Waals surface area contributed by atoms with Gasteiger partial charge < -0.3 is 40.4 Å². The lowest BCUT2D eigenvalue weighted by atomic mass is 9.98. The molecule has 2 aromatic carbocycles. The zero-order chi connectivity index (χ0) is 33.9. The van der Waals surface area contributed by atoms with Gasteiger partial charge in [-0.1, -0.05) is 12.5 Å². The fourth-order valence-electron chi connectivity index (χ4n) is 7.45. The van der Waals surface area contributed by atoms with E-state index in [0.29, 0.717) is 66.2 Å². The molecule has 3 fully saturated rings. The molecule has 4 N–H and O–H groups in total. The second-order valence-corrected chi connectivity index (χ2v) is 14.9. The molecule has 2 aromatic rings. The normalized spacial score (nSPS) is 20.2. The highest BCUT2D eigenvalue weighted by molar-refractivity contribution is 9.11. The molecule has 3 saturated heterocycles. The quantitative estimate of drug-likeness (QED) is 0.301. The van der Waals surface area contributed by atoms with E-state index in [0.717, 1.165) is 37.1 Å². The number of halogens is 2. The molecule has 48 heavy (non-hydrogen) atoms. The first-order valence-corrected chi connectivity index (χ1v) is 18.3. The minimum Gasteiger partial charge on any atom is -0.506 e. The maximum absolute atomic E-state index is 14.0. The molecule has 14 heteroatoms. The number of likely N-dealkylation sites (tertiary alicyclic amines) is 3. The molecular formula is C34H42Br2N6O6. The van der Waals surface area contributed by atoms with Crippen LogP contribution < -0.4 is 10.6 Å². The zero-order valence-electron chi connectivity index (χ0n) is 26.8. The Labute approximate surface area is 297 Å². The number of carbonyl (C=O) groups excluding carboxylic acids is 3. The number of carboxylic acid groups (broad SMARTS) is 1. The van der Waals surface area contributed by atoms with Crippen molar-refractivity contribution in [1.29, 1.82) is 0 Å². The minimum atomic E-state index is -1.05. The Kier molecular flexibility index (Phi) is 10.8. The monoisotopic (exact) mass is 788 g/mol. The SMILES string of the molecule is O=C(O)c1ccc2c(c1)NC(=O)N(C1CCN(C(=O)N[C@H](Cc3cc(Br)c(O)c(Br)c3)C(=O)N3CCC(N4CCCCC4)CC3)CC1)C2. The van der Waals surface area contributed by atoms with E-state index in [-0.39, 0.29) is 41.7 Å². The van der Waals surface area contributed by atoms with E-state index in [1.165, 1.54) is 31.4 Å². The average molecular weight is 791 g/mol. The van der Waals surface area contributed by atoms with Gasteiger partial charge in [0.05, 0.1) is 14.5 Å². The van der Waals surface area contributed by atoms with Gasteiger partial charge in [0.25, 0.3) is 0 Å². The number of benzene rings is 2. The Balaban J connectivity index is 1.09. The van der Waals surface area contributed by atoms with Crippen molar-refractivity contribution in [1.82, 2.24) is 24.9 Å². The van der Waals surface area contributed by atoms with Crippen LogP contribution in [-0.4, -0.2) is 111 Å². The number of nitrogens with zero attached hydrogens (tertiary/aromatic N) is 4. The standard InChI is InChI=1S/C34H42Br2N6O6/c35-26-16-21(17-27(36)30(26)43)18-29(31(44)40-12-6-24(7-13-40)39-10-2-1-3-11-39)38-33(47)41-14-8-25(9-15-41)42-20-23-5-4-22(32(45)46)19-28(23)37-34(42)48/h4-5,16-17,19,24-25,29,43H,1-3,6-15,18,20H2,(H,37,48)(H,38,47)(H,45,46)/t29-/m1/s1. The summed E-state index contributed by atoms with van der Waals surface area (Å²) in [6.07, 6.45) is 7.01. The molecule has 0 unspecified atom stereocenters. The summed E-state index contributed by atoms with van der Waals surface area (Å²) >= 11 is 6.77. The van der Waals surface area contributed by atoms with Crippen LogP contribution in [0.25, 0.3) is 0 Å². The van der Waals surface area contributed by atoms with Crippen molar-refractivity contribution in [3.05, 3.63) is 56.0 Å². The summed E-state index contributed by atoms with van der Waals surface area (Å²) in [5, 5.41) is 25.4. The lowest BCUT2D eigenvalue weighted by molar-refractivity contribution is -0.135. The lowest BCUT2D eigenvalue weighted by Gasteiger charge is -2.42. The van der Waals surface area contributed by atoms with Crippen molar-refractivity contribution in [3.8, 4) is 5.75 Å². The van der Waals surface area contributed by atoms with Gasteiger partial charge >= 0.3 is 18.0 Å². The fraction of sp³-hybridized carbons (Fsp3) is 0.529. The Bertz CT molecular complexity index is 1530. The molecule has 0 saturated carbocycles. The Morgan fingerprint density at radius 1 is 0.875 bits per heavy atom. The summed E-state index contributed by atoms with van der Waals surface area (Å²) in [5.41, 5.74) is 2.26. The van der Waals surface area contributed by atoms with Crippen LogP contribution in [0.5, 0.6) is 5.75 Å². The third-order valence-corrected chi connectivity index (χ3v) is 11.4. The third-order valence-electron chi connectivity index (χ3n) is 10.2. The molecule has 0 aliphatic carbocycles. The van der Waals surface area contributed by atoms with E-state index in [1.54, 1.807) is 28.0 Å². The number of fused-ring (bicyclic) bond motifs is 1. The number of phenols is 1. The number of carboxylic acids is 1. The molecule has 1 atom stereocenters. The van der Waals surface area contributed by atoms with Gasteiger partial charge in [-0.2, -0.15) is 0 Å². The van der Waals surface area contributed by atoms with Gasteiger partial charge in [0, 0.05) is 56.9 Å². The second kappa shape index (κ2) is 15.0. The van der Waals surface area contributed by atoms with Gasteiger partial charge in [0.2, 0.25) is 5.91 Å². The average Bonchev–Trinajstić information content (AvgIpc) is 3.10. The molecule has 258 valence electrons. The topological polar surface area (TPSA) is 146 Å².